The SMILES string of the molecule is CC(C)(C)OC(=O)N1CCO[C@@]2(CCC[C@H]2CO)C1. The molecular weight excluding hydrogens is 246 g/mol. The van der Waals surface area contributed by atoms with Crippen molar-refractivity contribution in [1.82, 2.24) is 4.90 Å². The monoisotopic (exact) mass is 271 g/mol. The third kappa shape index (κ3) is 3.20. The molecule has 0 aromatic heterocycles. The molecule has 0 aromatic rings. The zero-order chi connectivity index (χ0) is 14.1. The van der Waals surface area contributed by atoms with E-state index < -0.39 is 5.60 Å². The Labute approximate surface area is 114 Å². The normalized spacial score (nSPS) is 31.8. The molecule has 0 unspecified atom stereocenters. The minimum absolute atomic E-state index is 0.127. The van der Waals surface area contributed by atoms with Crippen LogP contribution in [-0.4, -0.2) is 53.6 Å². The quantitative estimate of drug-likeness (QED) is 0.790. The van der Waals surface area contributed by atoms with Gasteiger partial charge in [-0.2, -0.15) is 0 Å². The summed E-state index contributed by atoms with van der Waals surface area (Å²) >= 11 is 0. The largest absolute Gasteiger partial charge is 0.444 e. The van der Waals surface area contributed by atoms with Crippen LogP contribution in [0.25, 0.3) is 0 Å². The summed E-state index contributed by atoms with van der Waals surface area (Å²) in [6, 6.07) is 0. The minimum atomic E-state index is -0.478. The number of carbonyl (C=O) groups excluding carboxylic acids is 1. The average molecular weight is 271 g/mol. The number of aliphatic hydroxyl groups is 1. The van der Waals surface area contributed by atoms with Crippen LogP contribution in [0.5, 0.6) is 0 Å². The highest BCUT2D eigenvalue weighted by atomic mass is 16.6. The van der Waals surface area contributed by atoms with Crippen molar-refractivity contribution in [2.24, 2.45) is 5.92 Å². The van der Waals surface area contributed by atoms with Gasteiger partial charge in [-0.3, -0.25) is 0 Å². The van der Waals surface area contributed by atoms with E-state index >= 15 is 0 Å². The predicted octanol–water partition coefficient (Wildman–Crippen LogP) is 1.78. The van der Waals surface area contributed by atoms with Crippen molar-refractivity contribution in [1.29, 1.82) is 0 Å². The molecule has 5 heteroatoms. The molecule has 2 atom stereocenters. The number of rotatable bonds is 1. The van der Waals surface area contributed by atoms with Crippen LogP contribution >= 0.6 is 0 Å². The van der Waals surface area contributed by atoms with Crippen LogP contribution in [0, 0.1) is 5.92 Å². The summed E-state index contributed by atoms with van der Waals surface area (Å²) in [6.07, 6.45) is 2.66. The molecule has 1 aliphatic heterocycles. The second-order valence-corrected chi connectivity index (χ2v) is 6.59. The van der Waals surface area contributed by atoms with Gasteiger partial charge in [0.05, 0.1) is 18.8 Å². The van der Waals surface area contributed by atoms with Crippen molar-refractivity contribution >= 4 is 6.09 Å². The Morgan fingerprint density at radius 1 is 1.53 bits per heavy atom. The smallest absolute Gasteiger partial charge is 0.410 e. The molecule has 1 spiro atoms. The van der Waals surface area contributed by atoms with Crippen molar-refractivity contribution in [2.45, 2.75) is 51.2 Å². The number of hydrogen-bond acceptors (Lipinski definition) is 4. The summed E-state index contributed by atoms with van der Waals surface area (Å²) in [5, 5.41) is 9.48. The van der Waals surface area contributed by atoms with Gasteiger partial charge in [-0.25, -0.2) is 4.79 Å². The number of morpholine rings is 1. The van der Waals surface area contributed by atoms with Gasteiger partial charge >= 0.3 is 6.09 Å². The van der Waals surface area contributed by atoms with Crippen LogP contribution in [0.1, 0.15) is 40.0 Å². The van der Waals surface area contributed by atoms with Crippen molar-refractivity contribution in [3.05, 3.63) is 0 Å². The number of nitrogens with zero attached hydrogens (tertiary/aromatic N) is 1. The van der Waals surface area contributed by atoms with Gasteiger partial charge in [-0.15, -0.1) is 0 Å². The highest BCUT2D eigenvalue weighted by Gasteiger charge is 2.48. The summed E-state index contributed by atoms with van der Waals surface area (Å²) in [5.41, 5.74) is -0.835. The number of hydrogen-bond donors (Lipinski definition) is 1. The second-order valence-electron chi connectivity index (χ2n) is 6.59. The van der Waals surface area contributed by atoms with Crippen LogP contribution in [0.2, 0.25) is 0 Å². The summed E-state index contributed by atoms with van der Waals surface area (Å²) in [6.45, 7) is 7.35. The van der Waals surface area contributed by atoms with Crippen LogP contribution < -0.4 is 0 Å². The van der Waals surface area contributed by atoms with Gasteiger partial charge in [0.1, 0.15) is 5.60 Å². The van der Waals surface area contributed by atoms with E-state index in [-0.39, 0.29) is 24.2 Å². The zero-order valence-electron chi connectivity index (χ0n) is 12.1. The van der Waals surface area contributed by atoms with Crippen molar-refractivity contribution in [3.63, 3.8) is 0 Å². The van der Waals surface area contributed by atoms with Crippen LogP contribution in [0.15, 0.2) is 0 Å². The van der Waals surface area contributed by atoms with Gasteiger partial charge in [0.2, 0.25) is 0 Å². The summed E-state index contributed by atoms with van der Waals surface area (Å²) in [5.74, 6) is 0.137. The maximum atomic E-state index is 12.1. The average Bonchev–Trinajstić information content (AvgIpc) is 2.69. The Morgan fingerprint density at radius 2 is 2.26 bits per heavy atom. The molecule has 1 saturated heterocycles. The van der Waals surface area contributed by atoms with Crippen molar-refractivity contribution < 1.29 is 19.4 Å². The van der Waals surface area contributed by atoms with E-state index in [4.69, 9.17) is 9.47 Å². The van der Waals surface area contributed by atoms with E-state index in [1.165, 1.54) is 0 Å². The molecule has 1 saturated carbocycles. The fourth-order valence-corrected chi connectivity index (χ4v) is 3.06. The van der Waals surface area contributed by atoms with E-state index in [0.717, 1.165) is 19.3 Å². The lowest BCUT2D eigenvalue weighted by atomic mass is 9.89. The topological polar surface area (TPSA) is 59.0 Å². The second kappa shape index (κ2) is 5.29. The van der Waals surface area contributed by atoms with E-state index in [9.17, 15) is 9.90 Å². The molecule has 0 aromatic carbocycles. The van der Waals surface area contributed by atoms with E-state index in [2.05, 4.69) is 0 Å². The molecule has 0 bridgehead atoms. The fourth-order valence-electron chi connectivity index (χ4n) is 3.06. The van der Waals surface area contributed by atoms with Gasteiger partial charge in [0.15, 0.2) is 0 Å². The lowest BCUT2D eigenvalue weighted by molar-refractivity contribution is -0.134. The van der Waals surface area contributed by atoms with Gasteiger partial charge in [-0.1, -0.05) is 6.42 Å². The van der Waals surface area contributed by atoms with Crippen LogP contribution in [0.3, 0.4) is 0 Å². The standard InChI is InChI=1S/C14H25NO4/c1-13(2,3)19-12(17)15-7-8-18-14(10-15)6-4-5-11(14)9-16/h11,16H,4-10H2,1-3H3/t11-,14-/m0/s1. The van der Waals surface area contributed by atoms with Gasteiger partial charge in [0, 0.05) is 19.1 Å². The molecule has 5 nitrogen and oxygen atoms in total. The lowest BCUT2D eigenvalue weighted by Gasteiger charge is -2.43. The Bertz CT molecular complexity index is 339. The molecule has 2 rings (SSSR count). The summed E-state index contributed by atoms with van der Waals surface area (Å²) in [4.78, 5) is 13.9. The van der Waals surface area contributed by atoms with E-state index in [1.807, 2.05) is 20.8 Å². The zero-order valence-corrected chi connectivity index (χ0v) is 12.1. The third-order valence-electron chi connectivity index (χ3n) is 3.98. The first kappa shape index (κ1) is 14.6. The molecule has 2 aliphatic rings. The first-order chi connectivity index (χ1) is 8.86. The molecular formula is C14H25NO4. The Kier molecular flexibility index (Phi) is 4.06. The molecule has 2 fully saturated rings. The number of amides is 1. The minimum Gasteiger partial charge on any atom is -0.444 e. The van der Waals surface area contributed by atoms with E-state index in [1.54, 1.807) is 4.90 Å². The Hall–Kier alpha value is -0.810. The fraction of sp³-hybridized carbons (Fsp3) is 0.929. The first-order valence-electron chi connectivity index (χ1n) is 7.09. The lowest BCUT2D eigenvalue weighted by Crippen LogP contribution is -2.56. The number of ether oxygens (including phenoxy) is 2. The Balaban J connectivity index is 2.03. The third-order valence-corrected chi connectivity index (χ3v) is 3.98. The number of carbonyl (C=O) groups is 1. The van der Waals surface area contributed by atoms with Gasteiger partial charge < -0.3 is 19.5 Å². The van der Waals surface area contributed by atoms with Crippen LogP contribution in [-0.2, 0) is 9.47 Å². The van der Waals surface area contributed by atoms with Crippen LogP contribution in [0.4, 0.5) is 4.79 Å². The Morgan fingerprint density at radius 3 is 2.89 bits per heavy atom. The van der Waals surface area contributed by atoms with E-state index in [0.29, 0.717) is 19.7 Å². The molecule has 1 heterocycles. The maximum Gasteiger partial charge on any atom is 0.410 e. The summed E-state index contributed by atoms with van der Waals surface area (Å²) in [7, 11) is 0. The number of aliphatic hydroxyl groups excluding tert-OH is 1. The molecule has 19 heavy (non-hydrogen) atoms. The maximum absolute atomic E-state index is 12.1. The molecule has 1 N–H and O–H groups in total. The highest BCUT2D eigenvalue weighted by Crippen LogP contribution is 2.41. The molecule has 110 valence electrons. The molecule has 1 amide bonds. The first-order valence-corrected chi connectivity index (χ1v) is 7.09. The van der Waals surface area contributed by atoms with Crippen molar-refractivity contribution in [3.8, 4) is 0 Å². The van der Waals surface area contributed by atoms with Crippen molar-refractivity contribution in [2.75, 3.05) is 26.3 Å². The predicted molar refractivity (Wildman–Crippen MR) is 70.9 cm³/mol. The molecule has 1 aliphatic carbocycles. The molecule has 0 radical (unpaired) electrons. The highest BCUT2D eigenvalue weighted by molar-refractivity contribution is 5.68. The summed E-state index contributed by atoms with van der Waals surface area (Å²) < 4.78 is 11.3. The van der Waals surface area contributed by atoms with Gasteiger partial charge in [-0.05, 0) is 33.6 Å². The van der Waals surface area contributed by atoms with Gasteiger partial charge in [0.25, 0.3) is 0 Å².